The maximum absolute atomic E-state index is 14.9. The van der Waals surface area contributed by atoms with Gasteiger partial charge < -0.3 is 15.5 Å². The van der Waals surface area contributed by atoms with E-state index in [1.165, 1.54) is 12.1 Å². The molecule has 1 aliphatic rings. The molecule has 4 rings (SSSR count). The number of rotatable bonds is 5. The Hall–Kier alpha value is -3.62. The van der Waals surface area contributed by atoms with E-state index in [9.17, 15) is 22.4 Å². The van der Waals surface area contributed by atoms with Gasteiger partial charge in [0.15, 0.2) is 0 Å². The summed E-state index contributed by atoms with van der Waals surface area (Å²) in [6, 6.07) is 16.7. The summed E-state index contributed by atoms with van der Waals surface area (Å²) in [6.45, 7) is -0.473. The van der Waals surface area contributed by atoms with E-state index in [0.717, 1.165) is 5.56 Å². The number of alkyl halides is 3. The first-order valence-electron chi connectivity index (χ1n) is 10.9. The van der Waals surface area contributed by atoms with Crippen LogP contribution in [0.5, 0.6) is 0 Å². The largest absolute Gasteiger partial charge is 0.471 e. The highest BCUT2D eigenvalue weighted by atomic mass is 19.4. The maximum Gasteiger partial charge on any atom is 0.471 e. The quantitative estimate of drug-likeness (QED) is 0.546. The van der Waals surface area contributed by atoms with Crippen LogP contribution in [0, 0.1) is 5.82 Å². The van der Waals surface area contributed by atoms with E-state index < -0.39 is 30.5 Å². The predicted octanol–water partition coefficient (Wildman–Crippen LogP) is 4.72. The first-order chi connectivity index (χ1) is 16.2. The number of nitrogens with two attached hydrogens (primary N) is 1. The van der Waals surface area contributed by atoms with E-state index in [2.05, 4.69) is 4.98 Å². The molecule has 2 aromatic carbocycles. The number of halogens is 4. The van der Waals surface area contributed by atoms with Gasteiger partial charge in [-0.2, -0.15) is 13.2 Å². The molecular formula is C25H24F4N4O. The van der Waals surface area contributed by atoms with E-state index in [1.54, 1.807) is 24.4 Å². The number of anilines is 2. The normalized spacial score (nSPS) is 16.2. The monoisotopic (exact) mass is 472 g/mol. The first kappa shape index (κ1) is 23.5. The van der Waals surface area contributed by atoms with Crippen LogP contribution >= 0.6 is 0 Å². The van der Waals surface area contributed by atoms with Crippen LogP contribution in [0.1, 0.15) is 23.2 Å². The fourth-order valence-corrected chi connectivity index (χ4v) is 4.31. The molecule has 0 unspecified atom stereocenters. The zero-order valence-electron chi connectivity index (χ0n) is 18.3. The molecule has 0 saturated heterocycles. The second kappa shape index (κ2) is 9.70. The van der Waals surface area contributed by atoms with Crippen molar-refractivity contribution in [3.8, 4) is 0 Å². The lowest BCUT2D eigenvalue weighted by molar-refractivity contribution is -0.186. The number of benzene rings is 2. The smallest absolute Gasteiger partial charge is 0.399 e. The van der Waals surface area contributed by atoms with Gasteiger partial charge >= 0.3 is 12.1 Å². The standard InChI is InChI=1S/C25H24F4N4O/c26-22-7-4-8-23-21(22)16-32(24(34)25(27,28)29)15-20(10-9-17-5-2-1-3-6-17)33(23)14-19-13-18(30)11-12-31-19/h1-8,11-13,20H,9-10,14-16H2,(H2,30,31)/t20-/m1/s1. The number of hydrogen-bond acceptors (Lipinski definition) is 4. The predicted molar refractivity (Wildman–Crippen MR) is 121 cm³/mol. The third-order valence-corrected chi connectivity index (χ3v) is 5.94. The van der Waals surface area contributed by atoms with Crippen molar-refractivity contribution in [2.24, 2.45) is 0 Å². The topological polar surface area (TPSA) is 62.5 Å². The van der Waals surface area contributed by atoms with Crippen LogP contribution in [0.15, 0.2) is 66.9 Å². The van der Waals surface area contributed by atoms with Crippen molar-refractivity contribution in [2.45, 2.75) is 38.1 Å². The van der Waals surface area contributed by atoms with Crippen LogP contribution in [-0.4, -0.2) is 34.6 Å². The minimum absolute atomic E-state index is 0.0474. The van der Waals surface area contributed by atoms with E-state index in [0.29, 0.717) is 34.8 Å². The molecule has 0 saturated carbocycles. The zero-order valence-corrected chi connectivity index (χ0v) is 18.3. The van der Waals surface area contributed by atoms with E-state index in [1.807, 2.05) is 35.2 Å². The fraction of sp³-hybridized carbons (Fsp3) is 0.280. The van der Waals surface area contributed by atoms with Crippen LogP contribution in [0.4, 0.5) is 28.9 Å². The Labute approximate surface area is 194 Å². The highest BCUT2D eigenvalue weighted by Crippen LogP contribution is 2.34. The average Bonchev–Trinajstić information content (AvgIpc) is 2.95. The van der Waals surface area contributed by atoms with Crippen LogP contribution in [0.25, 0.3) is 0 Å². The van der Waals surface area contributed by atoms with E-state index in [-0.39, 0.29) is 18.7 Å². The van der Waals surface area contributed by atoms with Gasteiger partial charge in [-0.25, -0.2) is 4.39 Å². The number of nitrogens with zero attached hydrogens (tertiary/aromatic N) is 3. The van der Waals surface area contributed by atoms with Gasteiger partial charge in [-0.3, -0.25) is 9.78 Å². The molecule has 1 aliphatic heterocycles. The van der Waals surface area contributed by atoms with Crippen molar-refractivity contribution < 1.29 is 22.4 Å². The summed E-state index contributed by atoms with van der Waals surface area (Å²) in [4.78, 5) is 19.1. The molecule has 0 radical (unpaired) electrons. The summed E-state index contributed by atoms with van der Waals surface area (Å²) < 4.78 is 55.0. The van der Waals surface area contributed by atoms with Gasteiger partial charge in [0.1, 0.15) is 5.82 Å². The minimum atomic E-state index is -5.06. The number of carbonyl (C=O) groups is 1. The summed E-state index contributed by atoms with van der Waals surface area (Å²) in [6.07, 6.45) is -2.48. The molecule has 0 spiro atoms. The molecule has 1 aromatic heterocycles. The molecule has 9 heteroatoms. The van der Waals surface area contributed by atoms with Crippen molar-refractivity contribution in [1.82, 2.24) is 9.88 Å². The molecule has 2 N–H and O–H groups in total. The number of carbonyl (C=O) groups excluding carboxylic acids is 1. The van der Waals surface area contributed by atoms with Crippen molar-refractivity contribution in [3.63, 3.8) is 0 Å². The summed E-state index contributed by atoms with van der Waals surface area (Å²) in [7, 11) is 0. The first-order valence-corrected chi connectivity index (χ1v) is 10.9. The van der Waals surface area contributed by atoms with Crippen molar-refractivity contribution in [1.29, 1.82) is 0 Å². The molecule has 5 nitrogen and oxygen atoms in total. The molecule has 34 heavy (non-hydrogen) atoms. The van der Waals surface area contributed by atoms with Gasteiger partial charge in [0.25, 0.3) is 0 Å². The molecule has 1 atom stereocenters. The molecule has 178 valence electrons. The highest BCUT2D eigenvalue weighted by molar-refractivity contribution is 5.82. The van der Waals surface area contributed by atoms with Crippen molar-refractivity contribution in [3.05, 3.63) is 89.5 Å². The molecule has 3 aromatic rings. The van der Waals surface area contributed by atoms with Gasteiger partial charge in [-0.1, -0.05) is 36.4 Å². The summed E-state index contributed by atoms with van der Waals surface area (Å²) in [5.74, 6) is -2.64. The fourth-order valence-electron chi connectivity index (χ4n) is 4.31. The van der Waals surface area contributed by atoms with Crippen molar-refractivity contribution >= 4 is 17.3 Å². The SMILES string of the molecule is Nc1ccnc(CN2c3cccc(F)c3CN(C(=O)C(F)(F)F)C[C@H]2CCc2ccccc2)c1. The molecule has 0 bridgehead atoms. The number of aromatic nitrogens is 1. The minimum Gasteiger partial charge on any atom is -0.399 e. The van der Waals surface area contributed by atoms with Gasteiger partial charge in [-0.15, -0.1) is 0 Å². The van der Waals surface area contributed by atoms with E-state index in [4.69, 9.17) is 5.73 Å². The molecule has 1 amide bonds. The zero-order chi connectivity index (χ0) is 24.3. The Kier molecular flexibility index (Phi) is 6.72. The number of hydrogen-bond donors (Lipinski definition) is 1. The molecular weight excluding hydrogens is 448 g/mol. The van der Waals surface area contributed by atoms with Gasteiger partial charge in [0.05, 0.1) is 18.8 Å². The van der Waals surface area contributed by atoms with Crippen molar-refractivity contribution in [2.75, 3.05) is 17.2 Å². The molecule has 0 fully saturated rings. The van der Waals surface area contributed by atoms with Crippen LogP contribution in [-0.2, 0) is 24.3 Å². The number of nitrogen functional groups attached to an aromatic ring is 1. The van der Waals surface area contributed by atoms with E-state index >= 15 is 0 Å². The molecule has 2 heterocycles. The Morgan fingerprint density at radius 2 is 1.85 bits per heavy atom. The maximum atomic E-state index is 14.9. The van der Waals surface area contributed by atoms with Crippen LogP contribution in [0.2, 0.25) is 0 Å². The summed E-state index contributed by atoms with van der Waals surface area (Å²) in [5, 5.41) is 0. The van der Waals surface area contributed by atoms with Gasteiger partial charge in [-0.05, 0) is 42.7 Å². The Balaban J connectivity index is 1.75. The number of amides is 1. The van der Waals surface area contributed by atoms with Crippen LogP contribution in [0.3, 0.4) is 0 Å². The second-order valence-corrected chi connectivity index (χ2v) is 8.31. The Bertz CT molecular complexity index is 1150. The Morgan fingerprint density at radius 1 is 1.09 bits per heavy atom. The Morgan fingerprint density at radius 3 is 2.56 bits per heavy atom. The lowest BCUT2D eigenvalue weighted by atomic mass is 10.0. The molecule has 0 aliphatic carbocycles. The number of pyridine rings is 1. The number of fused-ring (bicyclic) bond motifs is 1. The van der Waals surface area contributed by atoms with Crippen LogP contribution < -0.4 is 10.6 Å². The lowest BCUT2D eigenvalue weighted by Gasteiger charge is -2.34. The third-order valence-electron chi connectivity index (χ3n) is 5.94. The lowest BCUT2D eigenvalue weighted by Crippen LogP contribution is -2.47. The van der Waals surface area contributed by atoms with Gasteiger partial charge in [0.2, 0.25) is 0 Å². The summed E-state index contributed by atoms with van der Waals surface area (Å²) in [5.41, 5.74) is 8.49. The second-order valence-electron chi connectivity index (χ2n) is 8.31. The highest BCUT2D eigenvalue weighted by Gasteiger charge is 2.44. The average molecular weight is 472 g/mol. The number of aryl methyl sites for hydroxylation is 1. The van der Waals surface area contributed by atoms with Gasteiger partial charge in [0, 0.05) is 35.7 Å². The third kappa shape index (κ3) is 5.30. The summed E-state index contributed by atoms with van der Waals surface area (Å²) >= 11 is 0.